The number of nitrogens with one attached hydrogen (secondary N) is 1. The van der Waals surface area contributed by atoms with E-state index in [0.717, 1.165) is 6.42 Å². The first-order valence-corrected chi connectivity index (χ1v) is 12.3. The van der Waals surface area contributed by atoms with Gasteiger partial charge in [-0.25, -0.2) is 0 Å². The second kappa shape index (κ2) is 25.2. The first kappa shape index (κ1) is 32.8. The molecule has 0 aromatic carbocycles. The third-order valence-corrected chi connectivity index (χ3v) is 5.04. The molecule has 164 valence electrons. The van der Waals surface area contributed by atoms with Crippen molar-refractivity contribution < 1.29 is 48.7 Å². The molecule has 7 heteroatoms. The van der Waals surface area contributed by atoms with E-state index in [4.69, 9.17) is 4.55 Å². The van der Waals surface area contributed by atoms with Crippen molar-refractivity contribution in [3.8, 4) is 0 Å². The standard InChI is InChI=1S/C19H37NO.C2H6O3S.Na.H/c1-3-4-5-6-7-8-9-10-11-12-13-14-15-16-17-18-19(21)20-2;1-2-6(3,4)5;;/h10-11H,3-9,12-18H2,1-2H3,(H,20,21);2H2,1H3,(H,3,4,5);;/q;;+1;-1/b11-10-;;;. The maximum atomic E-state index is 11.0. The first-order chi connectivity index (χ1) is 12.9. The fourth-order valence-corrected chi connectivity index (χ4v) is 2.48. The van der Waals surface area contributed by atoms with E-state index in [2.05, 4.69) is 24.4 Å². The Bertz CT molecular complexity index is 460. The zero-order valence-corrected chi connectivity index (χ0v) is 21.7. The van der Waals surface area contributed by atoms with Gasteiger partial charge in [0.15, 0.2) is 0 Å². The topological polar surface area (TPSA) is 83.5 Å². The van der Waals surface area contributed by atoms with Crippen molar-refractivity contribution in [2.45, 2.75) is 104 Å². The Morgan fingerprint density at radius 2 is 1.25 bits per heavy atom. The molecule has 1 amide bonds. The third kappa shape index (κ3) is 33.7. The summed E-state index contributed by atoms with van der Waals surface area (Å²) < 4.78 is 26.9. The van der Waals surface area contributed by atoms with Gasteiger partial charge in [-0.1, -0.05) is 70.4 Å². The van der Waals surface area contributed by atoms with Gasteiger partial charge in [0.1, 0.15) is 0 Å². The average Bonchev–Trinajstić information content (AvgIpc) is 2.64. The van der Waals surface area contributed by atoms with Gasteiger partial charge in [0, 0.05) is 13.5 Å². The van der Waals surface area contributed by atoms with Crippen LogP contribution in [0.25, 0.3) is 0 Å². The van der Waals surface area contributed by atoms with E-state index in [-0.39, 0.29) is 42.6 Å². The van der Waals surface area contributed by atoms with Gasteiger partial charge in [-0.2, -0.15) is 8.42 Å². The summed E-state index contributed by atoms with van der Waals surface area (Å²) in [4.78, 5) is 11.0. The fourth-order valence-electron chi connectivity index (χ4n) is 2.48. The van der Waals surface area contributed by atoms with E-state index in [1.165, 1.54) is 84.0 Å². The van der Waals surface area contributed by atoms with Crippen molar-refractivity contribution >= 4 is 16.0 Å². The summed E-state index contributed by atoms with van der Waals surface area (Å²) in [5.74, 6) is -0.0277. The van der Waals surface area contributed by atoms with Crippen LogP contribution in [0.1, 0.15) is 105 Å². The van der Waals surface area contributed by atoms with E-state index >= 15 is 0 Å². The van der Waals surface area contributed by atoms with Crippen LogP contribution in [-0.2, 0) is 14.9 Å². The van der Waals surface area contributed by atoms with Crippen molar-refractivity contribution in [2.75, 3.05) is 12.8 Å². The van der Waals surface area contributed by atoms with E-state index in [1.54, 1.807) is 7.05 Å². The second-order valence-electron chi connectivity index (χ2n) is 6.88. The molecule has 0 atom stereocenters. The second-order valence-corrected chi connectivity index (χ2v) is 8.62. The fraction of sp³-hybridized carbons (Fsp3) is 0.857. The molecule has 2 N–H and O–H groups in total. The van der Waals surface area contributed by atoms with Crippen LogP contribution in [0.4, 0.5) is 0 Å². The zero-order valence-electron chi connectivity index (χ0n) is 19.8. The molecule has 5 nitrogen and oxygen atoms in total. The van der Waals surface area contributed by atoms with Crippen LogP contribution in [0.5, 0.6) is 0 Å². The van der Waals surface area contributed by atoms with Crippen LogP contribution in [0.2, 0.25) is 0 Å². The maximum Gasteiger partial charge on any atom is 1.00 e. The molecule has 0 spiro atoms. The van der Waals surface area contributed by atoms with Crippen molar-refractivity contribution in [1.82, 2.24) is 5.32 Å². The minimum Gasteiger partial charge on any atom is -1.00 e. The largest absolute Gasteiger partial charge is 1.00 e. The molecular formula is C21H44NNaO4S. The van der Waals surface area contributed by atoms with Gasteiger partial charge in [0.25, 0.3) is 10.1 Å². The number of rotatable bonds is 16. The average molecular weight is 430 g/mol. The van der Waals surface area contributed by atoms with Crippen LogP contribution in [0.15, 0.2) is 12.2 Å². The molecular weight excluding hydrogens is 385 g/mol. The third-order valence-electron chi connectivity index (χ3n) is 4.31. The van der Waals surface area contributed by atoms with E-state index in [9.17, 15) is 13.2 Å². The van der Waals surface area contributed by atoms with Gasteiger partial charge in [-0.3, -0.25) is 9.35 Å². The zero-order chi connectivity index (χ0) is 20.8. The van der Waals surface area contributed by atoms with Crippen molar-refractivity contribution in [3.05, 3.63) is 12.2 Å². The molecule has 0 fully saturated rings. The van der Waals surface area contributed by atoms with Gasteiger partial charge < -0.3 is 6.74 Å². The molecule has 0 aliphatic heterocycles. The van der Waals surface area contributed by atoms with E-state index < -0.39 is 10.1 Å². The van der Waals surface area contributed by atoms with Crippen molar-refractivity contribution in [1.29, 1.82) is 0 Å². The molecule has 0 radical (unpaired) electrons. The van der Waals surface area contributed by atoms with Crippen LogP contribution >= 0.6 is 0 Å². The number of hydrogen-bond donors (Lipinski definition) is 2. The van der Waals surface area contributed by atoms with E-state index in [1.807, 2.05) is 0 Å². The smallest absolute Gasteiger partial charge is 1.00 e. The van der Waals surface area contributed by atoms with Crippen LogP contribution in [0.3, 0.4) is 0 Å². The number of amides is 1. The van der Waals surface area contributed by atoms with Gasteiger partial charge in [-0.15, -0.1) is 0 Å². The Morgan fingerprint density at radius 1 is 0.857 bits per heavy atom. The molecule has 0 saturated carbocycles. The summed E-state index contributed by atoms with van der Waals surface area (Å²) in [6.07, 6.45) is 22.3. The molecule has 0 saturated heterocycles. The van der Waals surface area contributed by atoms with Crippen molar-refractivity contribution in [3.63, 3.8) is 0 Å². The molecule has 0 aromatic rings. The monoisotopic (exact) mass is 429 g/mol. The van der Waals surface area contributed by atoms with Crippen LogP contribution in [-0.4, -0.2) is 31.7 Å². The minimum absolute atomic E-state index is 0. The van der Waals surface area contributed by atoms with Gasteiger partial charge >= 0.3 is 29.6 Å². The number of carbonyl (C=O) groups is 1. The minimum atomic E-state index is -3.66. The SMILES string of the molecule is CCCCCCCC/C=C\CCCCCCCC(=O)NC.CCS(=O)(=O)O.[H-].[Na+]. The predicted octanol–water partition coefficient (Wildman–Crippen LogP) is 2.78. The molecule has 28 heavy (non-hydrogen) atoms. The molecule has 0 aliphatic carbocycles. The number of carbonyl (C=O) groups excluding carboxylic acids is 1. The van der Waals surface area contributed by atoms with Gasteiger partial charge in [0.05, 0.1) is 5.75 Å². The molecule has 0 rings (SSSR count). The molecule has 0 bridgehead atoms. The summed E-state index contributed by atoms with van der Waals surface area (Å²) in [7, 11) is -1.95. The molecule has 0 heterocycles. The summed E-state index contributed by atoms with van der Waals surface area (Å²) in [6, 6.07) is 0. The summed E-state index contributed by atoms with van der Waals surface area (Å²) >= 11 is 0. The Balaban J connectivity index is -0.000000340. The predicted molar refractivity (Wildman–Crippen MR) is 117 cm³/mol. The Morgan fingerprint density at radius 3 is 1.64 bits per heavy atom. The Kier molecular flexibility index (Phi) is 29.4. The van der Waals surface area contributed by atoms with Crippen LogP contribution in [0, 0.1) is 0 Å². The normalized spacial score (nSPS) is 10.9. The van der Waals surface area contributed by atoms with Crippen LogP contribution < -0.4 is 34.9 Å². The quantitative estimate of drug-likeness (QED) is 0.171. The van der Waals surface area contributed by atoms with Gasteiger partial charge in [0.2, 0.25) is 5.91 Å². The number of allylic oxidation sites excluding steroid dienone is 2. The van der Waals surface area contributed by atoms with Gasteiger partial charge in [-0.05, 0) is 39.0 Å². The first-order valence-electron chi connectivity index (χ1n) is 10.7. The summed E-state index contributed by atoms with van der Waals surface area (Å²) in [6.45, 7) is 3.64. The Labute approximate surface area is 198 Å². The summed E-state index contributed by atoms with van der Waals surface area (Å²) in [5, 5.41) is 2.67. The molecule has 0 unspecified atom stereocenters. The molecule has 0 aliphatic rings. The van der Waals surface area contributed by atoms with E-state index in [0.29, 0.717) is 6.42 Å². The van der Waals surface area contributed by atoms with Crippen molar-refractivity contribution in [2.24, 2.45) is 0 Å². The molecule has 0 aromatic heterocycles. The maximum absolute atomic E-state index is 11.0. The number of unbranched alkanes of at least 4 members (excludes halogenated alkanes) is 11. The number of hydrogen-bond acceptors (Lipinski definition) is 3. The Hall–Kier alpha value is 0.120. The summed E-state index contributed by atoms with van der Waals surface area (Å²) in [5.41, 5.74) is 0.